The largest absolute Gasteiger partial charge is 0.497 e. The maximum Gasteiger partial charge on any atom is 0.363 e. The molecule has 0 atom stereocenters. The fraction of sp³-hybridized carbons (Fsp3) is 0.182. The Morgan fingerprint density at radius 1 is 1.09 bits per heavy atom. The molecule has 0 spiro atoms. The molecule has 0 aliphatic heterocycles. The van der Waals surface area contributed by atoms with Crippen molar-refractivity contribution in [3.63, 3.8) is 0 Å². The summed E-state index contributed by atoms with van der Waals surface area (Å²) in [5.41, 5.74) is 2.02. The van der Waals surface area contributed by atoms with Gasteiger partial charge in [0.2, 0.25) is 10.9 Å². The van der Waals surface area contributed by atoms with E-state index in [0.29, 0.717) is 34.9 Å². The van der Waals surface area contributed by atoms with Gasteiger partial charge in [-0.05, 0) is 35.9 Å². The minimum absolute atomic E-state index is 0.00134. The molecule has 0 bridgehead atoms. The zero-order chi connectivity index (χ0) is 22.7. The molecule has 164 valence electrons. The zero-order valence-corrected chi connectivity index (χ0v) is 18.4. The lowest BCUT2D eigenvalue weighted by atomic mass is 10.1. The molecule has 10 heteroatoms. The van der Waals surface area contributed by atoms with E-state index >= 15 is 0 Å². The molecule has 0 fully saturated rings. The van der Waals surface area contributed by atoms with Crippen LogP contribution in [0.25, 0.3) is 11.2 Å². The molecule has 0 aliphatic carbocycles. The lowest BCUT2D eigenvalue weighted by Gasteiger charge is -2.20. The first kappa shape index (κ1) is 21.4. The highest BCUT2D eigenvalue weighted by Gasteiger charge is 2.19. The maximum absolute atomic E-state index is 12.4. The predicted molar refractivity (Wildman–Crippen MR) is 119 cm³/mol. The van der Waals surface area contributed by atoms with Crippen LogP contribution in [0, 0.1) is 0 Å². The highest BCUT2D eigenvalue weighted by molar-refractivity contribution is 6.28. The number of ether oxygens (including phenoxy) is 2. The van der Waals surface area contributed by atoms with Crippen molar-refractivity contribution >= 4 is 34.6 Å². The van der Waals surface area contributed by atoms with Crippen LogP contribution in [-0.2, 0) is 6.54 Å². The highest BCUT2D eigenvalue weighted by atomic mass is 35.5. The van der Waals surface area contributed by atoms with Gasteiger partial charge in [-0.1, -0.05) is 18.2 Å². The van der Waals surface area contributed by atoms with Crippen LogP contribution in [0.1, 0.15) is 15.9 Å². The molecule has 0 N–H and O–H groups in total. The Labute approximate surface area is 189 Å². The molecular weight excluding hydrogens is 434 g/mol. The molecule has 0 radical (unpaired) electrons. The van der Waals surface area contributed by atoms with Crippen LogP contribution in [0.3, 0.4) is 0 Å². The summed E-state index contributed by atoms with van der Waals surface area (Å²) in [6.45, 7) is 0.451. The minimum Gasteiger partial charge on any atom is -0.497 e. The Balaban J connectivity index is 1.64. The van der Waals surface area contributed by atoms with E-state index in [2.05, 4.69) is 15.0 Å². The standard InChI is InChI=1S/C22H20ClN5O4/c1-27(12-15-9-10-16(30-2)11-17(15)31-3)19-18-20(26-22(23)25-19)28(13-24-18)32-21(29)14-7-5-4-6-8-14/h4-11,13H,12H2,1-3H3. The van der Waals surface area contributed by atoms with Crippen molar-refractivity contribution in [2.75, 3.05) is 26.2 Å². The van der Waals surface area contributed by atoms with Crippen LogP contribution >= 0.6 is 11.6 Å². The molecule has 9 nitrogen and oxygen atoms in total. The number of hydrogen-bond acceptors (Lipinski definition) is 8. The van der Waals surface area contributed by atoms with Crippen LogP contribution in [-0.4, -0.2) is 46.9 Å². The number of hydrogen-bond donors (Lipinski definition) is 0. The number of fused-ring (bicyclic) bond motifs is 1. The Bertz CT molecular complexity index is 1260. The van der Waals surface area contributed by atoms with Crippen LogP contribution in [0.4, 0.5) is 5.82 Å². The van der Waals surface area contributed by atoms with Gasteiger partial charge in [-0.25, -0.2) is 9.78 Å². The molecule has 0 saturated carbocycles. The molecule has 2 aromatic heterocycles. The van der Waals surface area contributed by atoms with Gasteiger partial charge in [0.1, 0.15) is 17.8 Å². The van der Waals surface area contributed by atoms with Crippen LogP contribution in [0.5, 0.6) is 11.5 Å². The molecule has 4 aromatic rings. The normalized spacial score (nSPS) is 10.8. The van der Waals surface area contributed by atoms with E-state index in [-0.39, 0.29) is 10.9 Å². The third-order valence-corrected chi connectivity index (χ3v) is 4.94. The van der Waals surface area contributed by atoms with E-state index in [1.807, 2.05) is 36.2 Å². The number of aromatic nitrogens is 4. The maximum atomic E-state index is 12.4. The van der Waals surface area contributed by atoms with E-state index < -0.39 is 5.97 Å². The van der Waals surface area contributed by atoms with Crippen molar-refractivity contribution < 1.29 is 19.1 Å². The molecule has 2 aromatic carbocycles. The van der Waals surface area contributed by atoms with Crippen molar-refractivity contribution in [3.05, 3.63) is 71.3 Å². The Morgan fingerprint density at radius 2 is 1.88 bits per heavy atom. The monoisotopic (exact) mass is 453 g/mol. The summed E-state index contributed by atoms with van der Waals surface area (Å²) in [7, 11) is 5.04. The highest BCUT2D eigenvalue weighted by Crippen LogP contribution is 2.29. The third-order valence-electron chi connectivity index (χ3n) is 4.77. The van der Waals surface area contributed by atoms with Gasteiger partial charge >= 0.3 is 5.97 Å². The summed E-state index contributed by atoms with van der Waals surface area (Å²) in [5.74, 6) is 1.31. The number of rotatable bonds is 7. The first-order valence-electron chi connectivity index (χ1n) is 9.60. The van der Waals surface area contributed by atoms with Crippen molar-refractivity contribution in [3.8, 4) is 11.5 Å². The van der Waals surface area contributed by atoms with Gasteiger partial charge in [-0.15, -0.1) is 4.73 Å². The van der Waals surface area contributed by atoms with Gasteiger partial charge in [0.15, 0.2) is 11.3 Å². The summed E-state index contributed by atoms with van der Waals surface area (Å²) in [4.78, 5) is 32.6. The number of benzene rings is 2. The zero-order valence-electron chi connectivity index (χ0n) is 17.7. The molecular formula is C22H20ClN5O4. The van der Waals surface area contributed by atoms with Gasteiger partial charge in [0.05, 0.1) is 19.8 Å². The minimum atomic E-state index is -0.544. The Hall–Kier alpha value is -3.85. The van der Waals surface area contributed by atoms with Gasteiger partial charge in [-0.2, -0.15) is 9.97 Å². The molecule has 0 saturated heterocycles. The van der Waals surface area contributed by atoms with Gasteiger partial charge in [-0.3, -0.25) is 0 Å². The molecule has 0 amide bonds. The van der Waals surface area contributed by atoms with E-state index in [4.69, 9.17) is 25.9 Å². The Kier molecular flexibility index (Phi) is 6.09. The summed E-state index contributed by atoms with van der Waals surface area (Å²) in [5, 5.41) is -0.00134. The summed E-state index contributed by atoms with van der Waals surface area (Å²) in [6.07, 6.45) is 1.36. The van der Waals surface area contributed by atoms with Crippen LogP contribution < -0.4 is 19.2 Å². The van der Waals surface area contributed by atoms with E-state index in [0.717, 1.165) is 5.56 Å². The number of nitrogens with zero attached hydrogens (tertiary/aromatic N) is 5. The van der Waals surface area contributed by atoms with Gasteiger partial charge in [0.25, 0.3) is 0 Å². The van der Waals surface area contributed by atoms with Crippen molar-refractivity contribution in [2.24, 2.45) is 0 Å². The fourth-order valence-corrected chi connectivity index (χ4v) is 3.36. The first-order valence-corrected chi connectivity index (χ1v) is 9.98. The van der Waals surface area contributed by atoms with Crippen molar-refractivity contribution in [1.29, 1.82) is 0 Å². The molecule has 0 unspecified atom stereocenters. The second-order valence-corrected chi connectivity index (χ2v) is 7.18. The van der Waals surface area contributed by atoms with E-state index in [1.54, 1.807) is 38.5 Å². The smallest absolute Gasteiger partial charge is 0.363 e. The number of methoxy groups -OCH3 is 2. The summed E-state index contributed by atoms with van der Waals surface area (Å²) in [6, 6.07) is 14.2. The van der Waals surface area contributed by atoms with E-state index in [1.165, 1.54) is 11.1 Å². The summed E-state index contributed by atoms with van der Waals surface area (Å²) >= 11 is 6.18. The fourth-order valence-electron chi connectivity index (χ4n) is 3.20. The number of halogens is 1. The van der Waals surface area contributed by atoms with Crippen LogP contribution in [0.15, 0.2) is 54.9 Å². The quantitative estimate of drug-likeness (QED) is 0.393. The van der Waals surface area contributed by atoms with Crippen molar-refractivity contribution in [2.45, 2.75) is 6.54 Å². The summed E-state index contributed by atoms with van der Waals surface area (Å²) < 4.78 is 11.9. The van der Waals surface area contributed by atoms with Gasteiger partial charge < -0.3 is 19.2 Å². The topological polar surface area (TPSA) is 91.6 Å². The number of anilines is 1. The van der Waals surface area contributed by atoms with Crippen LogP contribution in [0.2, 0.25) is 5.28 Å². The number of carbonyl (C=O) groups excluding carboxylic acids is 1. The first-order chi connectivity index (χ1) is 15.5. The Morgan fingerprint density at radius 3 is 2.59 bits per heavy atom. The molecule has 32 heavy (non-hydrogen) atoms. The number of carbonyl (C=O) groups is 1. The lowest BCUT2D eigenvalue weighted by molar-refractivity contribution is 0.0477. The molecule has 0 aliphatic rings. The van der Waals surface area contributed by atoms with E-state index in [9.17, 15) is 4.79 Å². The molecule has 4 rings (SSSR count). The SMILES string of the molecule is COc1ccc(CN(C)c2nc(Cl)nc3c2ncn3OC(=O)c2ccccc2)c(OC)c1. The molecule has 2 heterocycles. The second kappa shape index (κ2) is 9.11. The van der Waals surface area contributed by atoms with Gasteiger partial charge in [0, 0.05) is 25.2 Å². The lowest BCUT2D eigenvalue weighted by Crippen LogP contribution is -2.21. The number of imidazole rings is 1. The van der Waals surface area contributed by atoms with Crippen molar-refractivity contribution in [1.82, 2.24) is 19.7 Å². The second-order valence-electron chi connectivity index (χ2n) is 6.84. The average molecular weight is 454 g/mol. The third kappa shape index (κ3) is 4.28. The predicted octanol–water partition coefficient (Wildman–Crippen LogP) is 3.40. The average Bonchev–Trinajstić information content (AvgIpc) is 3.21.